The van der Waals surface area contributed by atoms with Gasteiger partial charge in [-0.2, -0.15) is 0 Å². The summed E-state index contributed by atoms with van der Waals surface area (Å²) in [6.07, 6.45) is 3.44. The standard InChI is InChI=1S/C14H29N3O4S/c1-14(2,3)21-13(18)17-10-6-12(7-11-17)15-8-5-9-16-22(4,19)20/h12,15-16H,5-11H2,1-4H3. The first-order valence-electron chi connectivity index (χ1n) is 7.73. The number of hydrogen-bond donors (Lipinski definition) is 2. The third-order valence-corrected chi connectivity index (χ3v) is 4.03. The lowest BCUT2D eigenvalue weighted by atomic mass is 10.1. The maximum absolute atomic E-state index is 11.9. The number of nitrogens with one attached hydrogen (secondary N) is 2. The number of piperidine rings is 1. The molecule has 0 aliphatic carbocycles. The number of ether oxygens (including phenoxy) is 1. The first kappa shape index (κ1) is 19.2. The molecule has 1 amide bonds. The molecule has 0 bridgehead atoms. The van der Waals surface area contributed by atoms with Gasteiger partial charge in [-0.3, -0.25) is 0 Å². The fraction of sp³-hybridized carbons (Fsp3) is 0.929. The van der Waals surface area contributed by atoms with Crippen LogP contribution < -0.4 is 10.0 Å². The van der Waals surface area contributed by atoms with E-state index in [1.54, 1.807) is 4.90 Å². The fourth-order valence-corrected chi connectivity index (χ4v) is 2.76. The molecule has 1 aliphatic heterocycles. The van der Waals surface area contributed by atoms with E-state index in [-0.39, 0.29) is 6.09 Å². The number of hydrogen-bond acceptors (Lipinski definition) is 5. The van der Waals surface area contributed by atoms with E-state index in [1.165, 1.54) is 0 Å². The van der Waals surface area contributed by atoms with Crippen molar-refractivity contribution in [2.45, 2.75) is 51.7 Å². The highest BCUT2D eigenvalue weighted by Crippen LogP contribution is 2.15. The number of likely N-dealkylation sites (tertiary alicyclic amines) is 1. The van der Waals surface area contributed by atoms with E-state index < -0.39 is 15.6 Å². The summed E-state index contributed by atoms with van der Waals surface area (Å²) in [5.41, 5.74) is -0.460. The number of nitrogens with zero attached hydrogens (tertiary/aromatic N) is 1. The minimum Gasteiger partial charge on any atom is -0.444 e. The quantitative estimate of drug-likeness (QED) is 0.705. The van der Waals surface area contributed by atoms with E-state index in [1.807, 2.05) is 20.8 Å². The second kappa shape index (κ2) is 8.12. The first-order valence-corrected chi connectivity index (χ1v) is 9.62. The van der Waals surface area contributed by atoms with Crippen LogP contribution in [0.4, 0.5) is 4.79 Å². The summed E-state index contributed by atoms with van der Waals surface area (Å²) in [6, 6.07) is 0.372. The Balaban J connectivity index is 2.16. The summed E-state index contributed by atoms with van der Waals surface area (Å²) in [7, 11) is -3.10. The highest BCUT2D eigenvalue weighted by molar-refractivity contribution is 7.88. The van der Waals surface area contributed by atoms with Crippen LogP contribution in [-0.4, -0.2) is 63.5 Å². The molecule has 0 saturated carbocycles. The molecule has 2 N–H and O–H groups in total. The molecule has 0 spiro atoms. The van der Waals surface area contributed by atoms with Gasteiger partial charge in [-0.1, -0.05) is 0 Å². The average Bonchev–Trinajstić information content (AvgIpc) is 2.35. The SMILES string of the molecule is CC(C)(C)OC(=O)N1CCC(NCCCNS(C)(=O)=O)CC1. The minimum atomic E-state index is -3.10. The molecule has 1 rings (SSSR count). The Morgan fingerprint density at radius 1 is 1.23 bits per heavy atom. The van der Waals surface area contributed by atoms with E-state index in [0.717, 1.165) is 32.1 Å². The first-order chi connectivity index (χ1) is 10.1. The number of sulfonamides is 1. The molecule has 0 unspecified atom stereocenters. The highest BCUT2D eigenvalue weighted by Gasteiger charge is 2.26. The zero-order valence-electron chi connectivity index (χ0n) is 14.0. The molecule has 0 atom stereocenters. The molecule has 0 aromatic carbocycles. The van der Waals surface area contributed by atoms with Crippen LogP contribution in [-0.2, 0) is 14.8 Å². The van der Waals surface area contributed by atoms with Crippen molar-refractivity contribution in [2.24, 2.45) is 0 Å². The van der Waals surface area contributed by atoms with Gasteiger partial charge in [-0.25, -0.2) is 17.9 Å². The van der Waals surface area contributed by atoms with E-state index in [9.17, 15) is 13.2 Å². The van der Waals surface area contributed by atoms with Crippen LogP contribution in [0.1, 0.15) is 40.0 Å². The molecule has 22 heavy (non-hydrogen) atoms. The molecule has 0 aromatic heterocycles. The minimum absolute atomic E-state index is 0.247. The van der Waals surface area contributed by atoms with Crippen LogP contribution >= 0.6 is 0 Å². The lowest BCUT2D eigenvalue weighted by Crippen LogP contribution is -2.46. The van der Waals surface area contributed by atoms with E-state index in [2.05, 4.69) is 10.0 Å². The zero-order chi connectivity index (χ0) is 16.8. The van der Waals surface area contributed by atoms with Gasteiger partial charge in [0.1, 0.15) is 5.60 Å². The van der Waals surface area contributed by atoms with Crippen molar-refractivity contribution in [2.75, 3.05) is 32.4 Å². The fourth-order valence-electron chi connectivity index (χ4n) is 2.24. The second-order valence-electron chi connectivity index (χ2n) is 6.72. The van der Waals surface area contributed by atoms with Crippen molar-refractivity contribution in [1.82, 2.24) is 14.9 Å². The van der Waals surface area contributed by atoms with Crippen molar-refractivity contribution in [3.05, 3.63) is 0 Å². The summed E-state index contributed by atoms with van der Waals surface area (Å²) < 4.78 is 29.7. The predicted molar refractivity (Wildman–Crippen MR) is 86.3 cm³/mol. The van der Waals surface area contributed by atoms with Gasteiger partial charge in [0, 0.05) is 25.7 Å². The highest BCUT2D eigenvalue weighted by atomic mass is 32.2. The largest absolute Gasteiger partial charge is 0.444 e. The van der Waals surface area contributed by atoms with Gasteiger partial charge in [0.15, 0.2) is 0 Å². The van der Waals surface area contributed by atoms with Crippen LogP contribution in [0.15, 0.2) is 0 Å². The number of carbonyl (C=O) groups excluding carboxylic acids is 1. The molecule has 130 valence electrons. The molecular weight excluding hydrogens is 306 g/mol. The normalized spacial score (nSPS) is 17.5. The molecular formula is C14H29N3O4S. The number of amides is 1. The Morgan fingerprint density at radius 2 is 1.82 bits per heavy atom. The number of carbonyl (C=O) groups is 1. The van der Waals surface area contributed by atoms with E-state index >= 15 is 0 Å². The Morgan fingerprint density at radius 3 is 2.32 bits per heavy atom. The van der Waals surface area contributed by atoms with Crippen LogP contribution in [0, 0.1) is 0 Å². The summed E-state index contributed by atoms with van der Waals surface area (Å²) >= 11 is 0. The lowest BCUT2D eigenvalue weighted by Gasteiger charge is -2.33. The molecule has 1 heterocycles. The van der Waals surface area contributed by atoms with Crippen LogP contribution in [0.3, 0.4) is 0 Å². The molecule has 0 radical (unpaired) electrons. The van der Waals surface area contributed by atoms with Crippen molar-refractivity contribution < 1.29 is 17.9 Å². The van der Waals surface area contributed by atoms with E-state index in [0.29, 0.717) is 25.7 Å². The van der Waals surface area contributed by atoms with Crippen LogP contribution in [0.5, 0.6) is 0 Å². The van der Waals surface area contributed by atoms with Crippen LogP contribution in [0.25, 0.3) is 0 Å². The Hall–Kier alpha value is -0.860. The molecule has 8 heteroatoms. The molecule has 7 nitrogen and oxygen atoms in total. The maximum Gasteiger partial charge on any atom is 0.410 e. The topological polar surface area (TPSA) is 87.7 Å². The summed E-state index contributed by atoms with van der Waals surface area (Å²) in [5.74, 6) is 0. The zero-order valence-corrected chi connectivity index (χ0v) is 14.8. The maximum atomic E-state index is 11.9. The third kappa shape index (κ3) is 8.55. The summed E-state index contributed by atoms with van der Waals surface area (Å²) in [4.78, 5) is 13.7. The Labute approximate surface area is 133 Å². The van der Waals surface area contributed by atoms with Gasteiger partial charge < -0.3 is 15.0 Å². The molecule has 1 aliphatic rings. The van der Waals surface area contributed by atoms with Crippen molar-refractivity contribution in [3.63, 3.8) is 0 Å². The molecule has 0 aromatic rings. The van der Waals surface area contributed by atoms with Crippen LogP contribution in [0.2, 0.25) is 0 Å². The van der Waals surface area contributed by atoms with Gasteiger partial charge in [-0.15, -0.1) is 0 Å². The summed E-state index contributed by atoms with van der Waals surface area (Å²) in [6.45, 7) is 8.18. The van der Waals surface area contributed by atoms with E-state index in [4.69, 9.17) is 4.74 Å². The predicted octanol–water partition coefficient (Wildman–Crippen LogP) is 0.915. The summed E-state index contributed by atoms with van der Waals surface area (Å²) in [5, 5.41) is 3.40. The third-order valence-electron chi connectivity index (χ3n) is 3.30. The monoisotopic (exact) mass is 335 g/mol. The van der Waals surface area contributed by atoms with Gasteiger partial charge in [-0.05, 0) is 46.6 Å². The van der Waals surface area contributed by atoms with Gasteiger partial charge in [0.25, 0.3) is 0 Å². The molecule has 1 saturated heterocycles. The Kier molecular flexibility index (Phi) is 7.08. The van der Waals surface area contributed by atoms with Gasteiger partial charge in [0.05, 0.1) is 6.26 Å². The molecule has 1 fully saturated rings. The Bertz CT molecular complexity index is 451. The van der Waals surface area contributed by atoms with Crippen molar-refractivity contribution in [1.29, 1.82) is 0 Å². The average molecular weight is 335 g/mol. The lowest BCUT2D eigenvalue weighted by molar-refractivity contribution is 0.0198. The van der Waals surface area contributed by atoms with Crippen molar-refractivity contribution in [3.8, 4) is 0 Å². The van der Waals surface area contributed by atoms with Gasteiger partial charge in [0.2, 0.25) is 10.0 Å². The van der Waals surface area contributed by atoms with Gasteiger partial charge >= 0.3 is 6.09 Å². The second-order valence-corrected chi connectivity index (χ2v) is 8.55. The number of rotatable bonds is 6. The van der Waals surface area contributed by atoms with Crippen molar-refractivity contribution >= 4 is 16.1 Å². The smallest absolute Gasteiger partial charge is 0.410 e.